The highest BCUT2D eigenvalue weighted by molar-refractivity contribution is 6.31. The number of allylic oxidation sites excluding steroid dienone is 1. The van der Waals surface area contributed by atoms with Crippen molar-refractivity contribution in [3.63, 3.8) is 0 Å². The number of hydrogen-bond donors (Lipinski definition) is 2. The standard InChI is InChI=1S/C9H13ClN4O/c1-2-3-4-5-15-8-7(10)6-12-9(13-8)14-11/h2,6H,1,3-5,11H2,(H,12,13,14). The van der Waals surface area contributed by atoms with Gasteiger partial charge in [0.15, 0.2) is 0 Å². The first-order valence-corrected chi connectivity index (χ1v) is 4.88. The topological polar surface area (TPSA) is 73.1 Å². The number of rotatable bonds is 6. The van der Waals surface area contributed by atoms with E-state index in [0.717, 1.165) is 12.8 Å². The van der Waals surface area contributed by atoms with Crippen LogP contribution in [0.3, 0.4) is 0 Å². The van der Waals surface area contributed by atoms with Crippen molar-refractivity contribution in [2.75, 3.05) is 12.0 Å². The number of nitrogen functional groups attached to an aromatic ring is 1. The molecule has 0 spiro atoms. The van der Waals surface area contributed by atoms with E-state index in [-0.39, 0.29) is 5.95 Å². The largest absolute Gasteiger partial charge is 0.476 e. The van der Waals surface area contributed by atoms with E-state index >= 15 is 0 Å². The number of hydrogen-bond acceptors (Lipinski definition) is 5. The summed E-state index contributed by atoms with van der Waals surface area (Å²) >= 11 is 5.83. The Labute approximate surface area is 93.3 Å². The molecule has 0 aliphatic rings. The molecule has 0 fully saturated rings. The summed E-state index contributed by atoms with van der Waals surface area (Å²) in [4.78, 5) is 7.79. The van der Waals surface area contributed by atoms with Gasteiger partial charge in [-0.3, -0.25) is 5.43 Å². The van der Waals surface area contributed by atoms with Crippen molar-refractivity contribution in [2.24, 2.45) is 5.84 Å². The van der Waals surface area contributed by atoms with Gasteiger partial charge in [0.1, 0.15) is 5.02 Å². The maximum Gasteiger partial charge on any atom is 0.240 e. The van der Waals surface area contributed by atoms with Crippen molar-refractivity contribution in [3.05, 3.63) is 23.9 Å². The van der Waals surface area contributed by atoms with Gasteiger partial charge in [0.05, 0.1) is 12.8 Å². The van der Waals surface area contributed by atoms with E-state index < -0.39 is 0 Å². The third-order valence-electron chi connectivity index (χ3n) is 1.63. The molecular formula is C9H13ClN4O. The zero-order valence-electron chi connectivity index (χ0n) is 8.24. The summed E-state index contributed by atoms with van der Waals surface area (Å²) < 4.78 is 5.35. The minimum atomic E-state index is 0.276. The lowest BCUT2D eigenvalue weighted by Crippen LogP contribution is -2.11. The van der Waals surface area contributed by atoms with E-state index in [4.69, 9.17) is 22.2 Å². The molecule has 5 nitrogen and oxygen atoms in total. The molecular weight excluding hydrogens is 216 g/mol. The van der Waals surface area contributed by atoms with E-state index in [9.17, 15) is 0 Å². The number of nitrogens with two attached hydrogens (primary N) is 1. The van der Waals surface area contributed by atoms with Crippen LogP contribution in [0.5, 0.6) is 5.88 Å². The first-order valence-electron chi connectivity index (χ1n) is 4.50. The van der Waals surface area contributed by atoms with Crippen LogP contribution in [0.25, 0.3) is 0 Å². The second kappa shape index (κ2) is 6.21. The number of anilines is 1. The quantitative estimate of drug-likeness (QED) is 0.336. The van der Waals surface area contributed by atoms with Gasteiger partial charge in [0.25, 0.3) is 0 Å². The Hall–Kier alpha value is -1.33. The third-order valence-corrected chi connectivity index (χ3v) is 1.89. The molecule has 0 saturated carbocycles. The van der Waals surface area contributed by atoms with Gasteiger partial charge in [-0.1, -0.05) is 17.7 Å². The maximum atomic E-state index is 5.83. The normalized spacial score (nSPS) is 9.73. The molecule has 1 aromatic rings. The van der Waals surface area contributed by atoms with Crippen LogP contribution in [0.4, 0.5) is 5.95 Å². The van der Waals surface area contributed by atoms with Crippen molar-refractivity contribution in [1.82, 2.24) is 9.97 Å². The molecule has 0 saturated heterocycles. The molecule has 3 N–H and O–H groups in total. The third kappa shape index (κ3) is 3.73. The Kier molecular flexibility index (Phi) is 4.86. The molecule has 0 bridgehead atoms. The molecule has 0 aliphatic heterocycles. The number of nitrogens with one attached hydrogen (secondary N) is 1. The van der Waals surface area contributed by atoms with Crippen LogP contribution < -0.4 is 16.0 Å². The predicted octanol–water partition coefficient (Wildman–Crippen LogP) is 1.76. The van der Waals surface area contributed by atoms with Crippen molar-refractivity contribution in [2.45, 2.75) is 12.8 Å². The van der Waals surface area contributed by atoms with Gasteiger partial charge in [-0.25, -0.2) is 10.8 Å². The smallest absolute Gasteiger partial charge is 0.240 e. The maximum absolute atomic E-state index is 5.83. The highest BCUT2D eigenvalue weighted by atomic mass is 35.5. The van der Waals surface area contributed by atoms with Crippen LogP contribution in [-0.2, 0) is 0 Å². The van der Waals surface area contributed by atoms with Crippen molar-refractivity contribution >= 4 is 17.5 Å². The highest BCUT2D eigenvalue weighted by Crippen LogP contribution is 2.21. The Balaban J connectivity index is 2.54. The fourth-order valence-corrected chi connectivity index (χ4v) is 1.06. The fourth-order valence-electron chi connectivity index (χ4n) is 0.919. The van der Waals surface area contributed by atoms with Crippen molar-refractivity contribution in [1.29, 1.82) is 0 Å². The summed E-state index contributed by atoms with van der Waals surface area (Å²) in [7, 11) is 0. The molecule has 15 heavy (non-hydrogen) atoms. The number of nitrogens with zero attached hydrogens (tertiary/aromatic N) is 2. The van der Waals surface area contributed by atoms with Crippen molar-refractivity contribution in [3.8, 4) is 5.88 Å². The Morgan fingerprint density at radius 2 is 2.47 bits per heavy atom. The van der Waals surface area contributed by atoms with Gasteiger partial charge >= 0.3 is 0 Å². The van der Waals surface area contributed by atoms with Crippen LogP contribution in [0, 0.1) is 0 Å². The van der Waals surface area contributed by atoms with Crippen LogP contribution in [0.2, 0.25) is 5.02 Å². The molecule has 1 heterocycles. The lowest BCUT2D eigenvalue weighted by Gasteiger charge is -2.06. The molecule has 1 rings (SSSR count). The molecule has 0 aliphatic carbocycles. The number of aromatic nitrogens is 2. The monoisotopic (exact) mass is 228 g/mol. The van der Waals surface area contributed by atoms with Gasteiger partial charge in [0, 0.05) is 0 Å². The van der Waals surface area contributed by atoms with Crippen LogP contribution in [0.15, 0.2) is 18.9 Å². The van der Waals surface area contributed by atoms with Gasteiger partial charge in [-0.05, 0) is 12.8 Å². The van der Waals surface area contributed by atoms with Gasteiger partial charge in [-0.15, -0.1) is 6.58 Å². The predicted molar refractivity (Wildman–Crippen MR) is 59.8 cm³/mol. The number of hydrazine groups is 1. The highest BCUT2D eigenvalue weighted by Gasteiger charge is 2.05. The summed E-state index contributed by atoms with van der Waals surface area (Å²) in [6.45, 7) is 4.15. The second-order valence-electron chi connectivity index (χ2n) is 2.77. The van der Waals surface area contributed by atoms with E-state index in [2.05, 4.69) is 22.0 Å². The van der Waals surface area contributed by atoms with E-state index in [1.807, 2.05) is 6.08 Å². The van der Waals surface area contributed by atoms with Crippen molar-refractivity contribution < 1.29 is 4.74 Å². The summed E-state index contributed by atoms with van der Waals surface area (Å²) in [6.07, 6.45) is 5.03. The summed E-state index contributed by atoms with van der Waals surface area (Å²) in [5, 5.41) is 0.368. The second-order valence-corrected chi connectivity index (χ2v) is 3.18. The molecule has 0 unspecified atom stereocenters. The van der Waals surface area contributed by atoms with E-state index in [0.29, 0.717) is 17.5 Å². The molecule has 0 amide bonds. The zero-order valence-corrected chi connectivity index (χ0v) is 9.00. The molecule has 0 radical (unpaired) electrons. The van der Waals surface area contributed by atoms with Gasteiger partial charge < -0.3 is 4.74 Å². The molecule has 0 aromatic carbocycles. The molecule has 1 aromatic heterocycles. The van der Waals surface area contributed by atoms with E-state index in [1.165, 1.54) is 6.20 Å². The average molecular weight is 229 g/mol. The van der Waals surface area contributed by atoms with Gasteiger partial charge in [0.2, 0.25) is 11.8 Å². The lowest BCUT2D eigenvalue weighted by molar-refractivity contribution is 0.300. The number of unbranched alkanes of at least 4 members (excludes halogenated alkanes) is 1. The first-order chi connectivity index (χ1) is 7.27. The molecule has 82 valence electrons. The summed E-state index contributed by atoms with van der Waals surface area (Å²) in [6, 6.07) is 0. The summed E-state index contributed by atoms with van der Waals surface area (Å²) in [5.74, 6) is 5.77. The minimum Gasteiger partial charge on any atom is -0.476 e. The van der Waals surface area contributed by atoms with Crippen LogP contribution in [-0.4, -0.2) is 16.6 Å². The SMILES string of the molecule is C=CCCCOc1nc(NN)ncc1Cl. The number of ether oxygens (including phenoxy) is 1. The molecule has 0 atom stereocenters. The minimum absolute atomic E-state index is 0.276. The van der Waals surface area contributed by atoms with Crippen LogP contribution in [0.1, 0.15) is 12.8 Å². The van der Waals surface area contributed by atoms with Gasteiger partial charge in [-0.2, -0.15) is 4.98 Å². The Morgan fingerprint density at radius 3 is 3.13 bits per heavy atom. The fraction of sp³-hybridized carbons (Fsp3) is 0.333. The summed E-state index contributed by atoms with van der Waals surface area (Å²) in [5.41, 5.74) is 2.32. The molecule has 6 heteroatoms. The lowest BCUT2D eigenvalue weighted by atomic mass is 10.3. The number of halogens is 1. The van der Waals surface area contributed by atoms with Crippen LogP contribution >= 0.6 is 11.6 Å². The average Bonchev–Trinajstić information content (AvgIpc) is 2.26. The van der Waals surface area contributed by atoms with E-state index in [1.54, 1.807) is 0 Å². The Bertz CT molecular complexity index is 332. The Morgan fingerprint density at radius 1 is 1.67 bits per heavy atom. The zero-order chi connectivity index (χ0) is 11.1. The first kappa shape index (κ1) is 11.7.